The zero-order chi connectivity index (χ0) is 19.8. The Morgan fingerprint density at radius 1 is 1.25 bits per heavy atom. The number of rotatable bonds is 5. The predicted octanol–water partition coefficient (Wildman–Crippen LogP) is 1.64. The summed E-state index contributed by atoms with van der Waals surface area (Å²) in [5.41, 5.74) is 13.8. The van der Waals surface area contributed by atoms with Crippen LogP contribution in [0.3, 0.4) is 0 Å². The second kappa shape index (κ2) is 6.95. The van der Waals surface area contributed by atoms with Gasteiger partial charge in [-0.15, -0.1) is 0 Å². The van der Waals surface area contributed by atoms with Crippen molar-refractivity contribution >= 4 is 28.9 Å². The van der Waals surface area contributed by atoms with Crippen molar-refractivity contribution in [2.24, 2.45) is 5.92 Å². The van der Waals surface area contributed by atoms with E-state index in [4.69, 9.17) is 16.9 Å². The molecule has 8 nitrogen and oxygen atoms in total. The van der Waals surface area contributed by atoms with Gasteiger partial charge in [-0.3, -0.25) is 10.2 Å². The van der Waals surface area contributed by atoms with Crippen molar-refractivity contribution in [3.8, 4) is 0 Å². The number of likely N-dealkylation sites (tertiary alicyclic amines) is 1. The first-order valence-corrected chi connectivity index (χ1v) is 9.22. The number of piperidine rings is 1. The lowest BCUT2D eigenvalue weighted by Gasteiger charge is -2.33. The summed E-state index contributed by atoms with van der Waals surface area (Å²) in [5, 5.41) is 12.0. The van der Waals surface area contributed by atoms with Gasteiger partial charge in [-0.1, -0.05) is 18.7 Å². The van der Waals surface area contributed by atoms with E-state index < -0.39 is 0 Å². The Morgan fingerprint density at radius 2 is 2.00 bits per heavy atom. The lowest BCUT2D eigenvalue weighted by Crippen LogP contribution is -2.47. The van der Waals surface area contributed by atoms with E-state index in [0.717, 1.165) is 19.4 Å². The molecule has 1 saturated carbocycles. The standard InChI is InChI=1S/C20H23N7O/c1-2-16(28)27-9-11-7-14(15(27)8-11)26-20-17(19(23)24-10-25-20)18(22)12-3-5-13(21)6-4-12/h2-6,10-11,14-15,22H,1,7-9,21H2,(H3,23,24,25,26). The summed E-state index contributed by atoms with van der Waals surface area (Å²) in [6.07, 6.45) is 4.66. The number of anilines is 3. The Morgan fingerprint density at radius 3 is 2.68 bits per heavy atom. The number of carbonyl (C=O) groups excluding carboxylic acids is 1. The van der Waals surface area contributed by atoms with Gasteiger partial charge in [0.25, 0.3) is 0 Å². The molecule has 1 aliphatic carbocycles. The highest BCUT2D eigenvalue weighted by Crippen LogP contribution is 2.39. The minimum Gasteiger partial charge on any atom is -0.399 e. The van der Waals surface area contributed by atoms with Crippen LogP contribution in [-0.4, -0.2) is 45.1 Å². The molecule has 2 bridgehead atoms. The number of nitrogen functional groups attached to an aromatic ring is 2. The number of nitrogens with zero attached hydrogens (tertiary/aromatic N) is 3. The number of nitrogens with two attached hydrogens (primary N) is 2. The average Bonchev–Trinajstić information content (AvgIpc) is 3.28. The summed E-state index contributed by atoms with van der Waals surface area (Å²) in [7, 11) is 0. The van der Waals surface area contributed by atoms with Crippen LogP contribution in [0, 0.1) is 11.3 Å². The molecule has 6 N–H and O–H groups in total. The van der Waals surface area contributed by atoms with Crippen LogP contribution in [0.2, 0.25) is 0 Å². The number of aromatic nitrogens is 2. The molecule has 28 heavy (non-hydrogen) atoms. The molecule has 8 heteroatoms. The molecule has 2 fully saturated rings. The SMILES string of the molecule is C=CC(=O)N1CC2CC(Nc3ncnc(N)c3C(=N)c3ccc(N)cc3)C1C2. The average molecular weight is 377 g/mol. The lowest BCUT2D eigenvalue weighted by atomic mass is 10.0. The van der Waals surface area contributed by atoms with Crippen LogP contribution in [0.4, 0.5) is 17.3 Å². The maximum absolute atomic E-state index is 12.1. The van der Waals surface area contributed by atoms with Gasteiger partial charge in [0.2, 0.25) is 5.91 Å². The van der Waals surface area contributed by atoms with E-state index in [-0.39, 0.29) is 29.5 Å². The van der Waals surface area contributed by atoms with Gasteiger partial charge >= 0.3 is 0 Å². The summed E-state index contributed by atoms with van der Waals surface area (Å²) in [4.78, 5) is 22.4. The molecular weight excluding hydrogens is 354 g/mol. The Balaban J connectivity index is 1.62. The zero-order valence-electron chi connectivity index (χ0n) is 15.4. The first kappa shape index (κ1) is 18.0. The summed E-state index contributed by atoms with van der Waals surface area (Å²) in [5.74, 6) is 1.17. The molecule has 1 aromatic heterocycles. The molecule has 3 atom stereocenters. The third-order valence-electron chi connectivity index (χ3n) is 5.59. The lowest BCUT2D eigenvalue weighted by molar-refractivity contribution is -0.127. The van der Waals surface area contributed by atoms with Gasteiger partial charge in [0, 0.05) is 23.8 Å². The maximum Gasteiger partial charge on any atom is 0.246 e. The largest absolute Gasteiger partial charge is 0.399 e. The number of fused-ring (bicyclic) bond motifs is 2. The molecule has 0 spiro atoms. The number of carbonyl (C=O) groups is 1. The highest BCUT2D eigenvalue weighted by atomic mass is 16.2. The summed E-state index contributed by atoms with van der Waals surface area (Å²) >= 11 is 0. The van der Waals surface area contributed by atoms with Crippen molar-refractivity contribution in [2.75, 3.05) is 23.3 Å². The Bertz CT molecular complexity index is 940. The molecule has 3 unspecified atom stereocenters. The normalized spacial score (nSPS) is 22.9. The van der Waals surface area contributed by atoms with Crippen LogP contribution in [0.25, 0.3) is 0 Å². The second-order valence-electron chi connectivity index (χ2n) is 7.33. The molecule has 1 aliphatic heterocycles. The molecule has 2 aliphatic rings. The Labute approximate surface area is 163 Å². The third-order valence-corrected chi connectivity index (χ3v) is 5.59. The number of nitrogens with one attached hydrogen (secondary N) is 2. The molecule has 1 saturated heterocycles. The highest BCUT2D eigenvalue weighted by molar-refractivity contribution is 6.16. The molecular formula is C20H23N7O. The van der Waals surface area contributed by atoms with Crippen molar-refractivity contribution in [2.45, 2.75) is 24.9 Å². The van der Waals surface area contributed by atoms with Crippen molar-refractivity contribution in [3.05, 3.63) is 54.4 Å². The zero-order valence-corrected chi connectivity index (χ0v) is 15.4. The van der Waals surface area contributed by atoms with Gasteiger partial charge in [-0.2, -0.15) is 0 Å². The molecule has 1 aromatic carbocycles. The fourth-order valence-corrected chi connectivity index (χ4v) is 4.28. The molecule has 1 amide bonds. The minimum absolute atomic E-state index is 0.0453. The molecule has 0 radical (unpaired) electrons. The third kappa shape index (κ3) is 3.06. The van der Waals surface area contributed by atoms with E-state index in [2.05, 4.69) is 21.9 Å². The molecule has 2 heterocycles. The van der Waals surface area contributed by atoms with E-state index in [1.54, 1.807) is 24.3 Å². The Kier molecular flexibility index (Phi) is 4.46. The van der Waals surface area contributed by atoms with Gasteiger partial charge in [-0.05, 0) is 37.0 Å². The Hall–Kier alpha value is -3.42. The van der Waals surface area contributed by atoms with Gasteiger partial charge < -0.3 is 21.7 Å². The van der Waals surface area contributed by atoms with Crippen LogP contribution in [0.15, 0.2) is 43.2 Å². The maximum atomic E-state index is 12.1. The molecule has 4 rings (SSSR count). The van der Waals surface area contributed by atoms with E-state index >= 15 is 0 Å². The smallest absolute Gasteiger partial charge is 0.246 e. The van der Waals surface area contributed by atoms with Gasteiger partial charge in [0.1, 0.15) is 18.0 Å². The van der Waals surface area contributed by atoms with Crippen LogP contribution in [0.5, 0.6) is 0 Å². The van der Waals surface area contributed by atoms with E-state index in [1.807, 2.05) is 4.90 Å². The van der Waals surface area contributed by atoms with E-state index in [1.165, 1.54) is 12.4 Å². The summed E-state index contributed by atoms with van der Waals surface area (Å²) in [6, 6.07) is 7.17. The topological polar surface area (TPSA) is 134 Å². The van der Waals surface area contributed by atoms with Crippen molar-refractivity contribution < 1.29 is 4.79 Å². The molecule has 2 aromatic rings. The fourth-order valence-electron chi connectivity index (χ4n) is 4.28. The summed E-state index contributed by atoms with van der Waals surface area (Å²) < 4.78 is 0. The minimum atomic E-state index is -0.0453. The summed E-state index contributed by atoms with van der Waals surface area (Å²) in [6.45, 7) is 4.37. The van der Waals surface area contributed by atoms with Gasteiger partial charge in [0.05, 0.1) is 17.3 Å². The number of benzene rings is 1. The van der Waals surface area contributed by atoms with E-state index in [0.29, 0.717) is 28.6 Å². The van der Waals surface area contributed by atoms with Crippen molar-refractivity contribution in [1.82, 2.24) is 14.9 Å². The van der Waals surface area contributed by atoms with E-state index in [9.17, 15) is 4.79 Å². The van der Waals surface area contributed by atoms with Crippen molar-refractivity contribution in [1.29, 1.82) is 5.41 Å². The van der Waals surface area contributed by atoms with Crippen LogP contribution in [0.1, 0.15) is 24.0 Å². The van der Waals surface area contributed by atoms with Crippen LogP contribution in [-0.2, 0) is 4.79 Å². The van der Waals surface area contributed by atoms with Crippen LogP contribution >= 0.6 is 0 Å². The highest BCUT2D eigenvalue weighted by Gasteiger charge is 2.46. The fraction of sp³-hybridized carbons (Fsp3) is 0.300. The number of hydrogen-bond donors (Lipinski definition) is 4. The quantitative estimate of drug-likeness (QED) is 0.355. The second-order valence-corrected chi connectivity index (χ2v) is 7.33. The van der Waals surface area contributed by atoms with Gasteiger partial charge in [-0.25, -0.2) is 9.97 Å². The first-order chi connectivity index (χ1) is 13.5. The monoisotopic (exact) mass is 377 g/mol. The van der Waals surface area contributed by atoms with Crippen molar-refractivity contribution in [3.63, 3.8) is 0 Å². The predicted molar refractivity (Wildman–Crippen MR) is 109 cm³/mol. The molecule has 144 valence electrons. The number of hydrogen-bond acceptors (Lipinski definition) is 7. The van der Waals surface area contributed by atoms with Gasteiger partial charge in [0.15, 0.2) is 0 Å². The number of amides is 1. The first-order valence-electron chi connectivity index (χ1n) is 9.22. The van der Waals surface area contributed by atoms with Crippen LogP contribution < -0.4 is 16.8 Å².